The van der Waals surface area contributed by atoms with Gasteiger partial charge in [0.1, 0.15) is 5.75 Å². The second kappa shape index (κ2) is 9.47. The molecule has 1 amide bonds. The molecule has 0 spiro atoms. The minimum Gasteiger partial charge on any atom is -0.503 e. The number of carbonyl (C=O) groups excluding carboxylic acids is 2. The van der Waals surface area contributed by atoms with Crippen molar-refractivity contribution in [3.8, 4) is 17.2 Å². The number of nitrogens with zero attached hydrogens (tertiary/aromatic N) is 1. The third-order valence-corrected chi connectivity index (χ3v) is 4.95. The third kappa shape index (κ3) is 5.29. The first-order chi connectivity index (χ1) is 14.0. The lowest BCUT2D eigenvalue weighted by atomic mass is 10.1. The van der Waals surface area contributed by atoms with Crippen molar-refractivity contribution in [2.45, 2.75) is 12.8 Å². The molecule has 7 heteroatoms. The number of halogens is 1. The van der Waals surface area contributed by atoms with Gasteiger partial charge in [-0.1, -0.05) is 17.7 Å². The average molecular weight is 416 g/mol. The van der Waals surface area contributed by atoms with Crippen molar-refractivity contribution in [1.29, 1.82) is 0 Å². The summed E-state index contributed by atoms with van der Waals surface area (Å²) < 4.78 is 10.6. The highest BCUT2D eigenvalue weighted by Gasteiger charge is 2.18. The molecule has 0 aromatic heterocycles. The number of ketones is 1. The van der Waals surface area contributed by atoms with Gasteiger partial charge in [0.15, 0.2) is 23.9 Å². The van der Waals surface area contributed by atoms with Crippen molar-refractivity contribution in [3.63, 3.8) is 0 Å². The zero-order valence-electron chi connectivity index (χ0n) is 16.1. The molecule has 0 radical (unpaired) electrons. The van der Waals surface area contributed by atoms with E-state index in [1.807, 2.05) is 0 Å². The number of hydrogen-bond acceptors (Lipinski definition) is 5. The highest BCUT2D eigenvalue weighted by atomic mass is 35.5. The van der Waals surface area contributed by atoms with Gasteiger partial charge in [-0.2, -0.15) is 0 Å². The Kier molecular flexibility index (Phi) is 6.77. The first-order valence-electron chi connectivity index (χ1n) is 9.27. The van der Waals surface area contributed by atoms with E-state index in [0.717, 1.165) is 25.9 Å². The topological polar surface area (TPSA) is 76.1 Å². The van der Waals surface area contributed by atoms with Gasteiger partial charge in [0, 0.05) is 18.7 Å². The van der Waals surface area contributed by atoms with Crippen LogP contribution in [0.25, 0.3) is 6.08 Å². The molecule has 3 rings (SSSR count). The van der Waals surface area contributed by atoms with E-state index in [2.05, 4.69) is 0 Å². The van der Waals surface area contributed by atoms with E-state index < -0.39 is 0 Å². The smallest absolute Gasteiger partial charge is 0.260 e. The summed E-state index contributed by atoms with van der Waals surface area (Å²) in [6.07, 6.45) is 5.09. The highest BCUT2D eigenvalue weighted by molar-refractivity contribution is 6.32. The van der Waals surface area contributed by atoms with E-state index in [9.17, 15) is 14.7 Å². The minimum absolute atomic E-state index is 0.00333. The number of likely N-dealkylation sites (tertiary alicyclic amines) is 1. The molecule has 0 saturated carbocycles. The van der Waals surface area contributed by atoms with Crippen LogP contribution in [0.5, 0.6) is 17.2 Å². The number of aromatic hydroxyl groups is 1. The van der Waals surface area contributed by atoms with Crippen LogP contribution in [0, 0.1) is 0 Å². The highest BCUT2D eigenvalue weighted by Crippen LogP contribution is 2.35. The van der Waals surface area contributed by atoms with Crippen LogP contribution in [0.3, 0.4) is 0 Å². The van der Waals surface area contributed by atoms with Crippen LogP contribution in [0.1, 0.15) is 28.8 Å². The average Bonchev–Trinajstić information content (AvgIpc) is 3.28. The van der Waals surface area contributed by atoms with Crippen molar-refractivity contribution in [3.05, 3.63) is 58.6 Å². The van der Waals surface area contributed by atoms with Gasteiger partial charge in [-0.05, 0) is 60.9 Å². The van der Waals surface area contributed by atoms with Gasteiger partial charge >= 0.3 is 0 Å². The molecule has 6 nitrogen and oxygen atoms in total. The summed E-state index contributed by atoms with van der Waals surface area (Å²) in [5.74, 6) is 0.403. The number of phenolic OH excluding ortho intramolecular Hbond substituents is 1. The zero-order valence-corrected chi connectivity index (χ0v) is 16.8. The number of benzene rings is 2. The lowest BCUT2D eigenvalue weighted by Crippen LogP contribution is -2.32. The van der Waals surface area contributed by atoms with Gasteiger partial charge in [0.25, 0.3) is 5.91 Å². The fourth-order valence-electron chi connectivity index (χ4n) is 3.03. The van der Waals surface area contributed by atoms with E-state index in [1.54, 1.807) is 41.3 Å². The molecule has 1 fully saturated rings. The molecule has 152 valence electrons. The summed E-state index contributed by atoms with van der Waals surface area (Å²) in [5.41, 5.74) is 1.11. The number of allylic oxidation sites excluding steroid dienone is 1. The molecule has 0 atom stereocenters. The van der Waals surface area contributed by atoms with E-state index in [1.165, 1.54) is 19.3 Å². The van der Waals surface area contributed by atoms with Gasteiger partial charge < -0.3 is 19.5 Å². The van der Waals surface area contributed by atoms with Crippen LogP contribution in [-0.4, -0.2) is 48.5 Å². The number of carbonyl (C=O) groups is 2. The number of hydrogen-bond donors (Lipinski definition) is 1. The minimum atomic E-state index is -0.201. The molecule has 0 bridgehead atoms. The van der Waals surface area contributed by atoms with E-state index in [0.29, 0.717) is 16.9 Å². The maximum Gasteiger partial charge on any atom is 0.260 e. The molecule has 0 unspecified atom stereocenters. The molecule has 1 aliphatic heterocycles. The maximum absolute atomic E-state index is 12.4. The predicted octanol–water partition coefficient (Wildman–Crippen LogP) is 3.95. The zero-order chi connectivity index (χ0) is 20.8. The molecule has 2 aromatic rings. The Morgan fingerprint density at radius 3 is 2.52 bits per heavy atom. The second-order valence-corrected chi connectivity index (χ2v) is 7.06. The van der Waals surface area contributed by atoms with Crippen molar-refractivity contribution in [2.24, 2.45) is 0 Å². The third-order valence-electron chi connectivity index (χ3n) is 4.66. The van der Waals surface area contributed by atoms with Crippen LogP contribution in [-0.2, 0) is 4.79 Å². The Morgan fingerprint density at radius 1 is 1.17 bits per heavy atom. The largest absolute Gasteiger partial charge is 0.503 e. The van der Waals surface area contributed by atoms with Crippen LogP contribution >= 0.6 is 11.6 Å². The van der Waals surface area contributed by atoms with Crippen molar-refractivity contribution in [2.75, 3.05) is 26.8 Å². The number of methoxy groups -OCH3 is 1. The number of ether oxygens (including phenoxy) is 2. The number of phenols is 1. The Labute approximate surface area is 174 Å². The standard InChI is InChI=1S/C22H22ClNO5/c1-28-20-13-15(12-18(23)22(20)27)4-9-19(25)16-5-7-17(8-6-16)29-14-21(26)24-10-2-3-11-24/h4-9,12-13,27H,2-3,10-11,14H2,1H3/b9-4+. The molecule has 1 heterocycles. The summed E-state index contributed by atoms with van der Waals surface area (Å²) >= 11 is 5.95. The van der Waals surface area contributed by atoms with Crippen LogP contribution < -0.4 is 9.47 Å². The summed E-state index contributed by atoms with van der Waals surface area (Å²) in [5, 5.41) is 9.90. The fourth-order valence-corrected chi connectivity index (χ4v) is 3.25. The summed E-state index contributed by atoms with van der Waals surface area (Å²) in [6.45, 7) is 1.58. The Hall–Kier alpha value is -2.99. The normalized spacial score (nSPS) is 13.7. The van der Waals surface area contributed by atoms with Gasteiger partial charge in [0.2, 0.25) is 0 Å². The Bertz CT molecular complexity index is 918. The predicted molar refractivity (Wildman–Crippen MR) is 111 cm³/mol. The Morgan fingerprint density at radius 2 is 1.86 bits per heavy atom. The number of amides is 1. The molecule has 29 heavy (non-hydrogen) atoms. The molecule has 0 aliphatic carbocycles. The summed E-state index contributed by atoms with van der Waals surface area (Å²) in [7, 11) is 1.42. The first-order valence-corrected chi connectivity index (χ1v) is 9.65. The molecular formula is C22H22ClNO5. The lowest BCUT2D eigenvalue weighted by molar-refractivity contribution is -0.132. The molecule has 1 N–H and O–H groups in total. The van der Waals surface area contributed by atoms with Gasteiger partial charge in [-0.15, -0.1) is 0 Å². The molecule has 2 aromatic carbocycles. The second-order valence-electron chi connectivity index (χ2n) is 6.65. The van der Waals surface area contributed by atoms with Gasteiger partial charge in [-0.3, -0.25) is 9.59 Å². The van der Waals surface area contributed by atoms with E-state index in [4.69, 9.17) is 21.1 Å². The molecular weight excluding hydrogens is 394 g/mol. The van der Waals surface area contributed by atoms with Gasteiger partial charge in [-0.25, -0.2) is 0 Å². The van der Waals surface area contributed by atoms with Crippen LogP contribution in [0.4, 0.5) is 0 Å². The quantitative estimate of drug-likeness (QED) is 0.547. The monoisotopic (exact) mass is 415 g/mol. The number of rotatable bonds is 7. The van der Waals surface area contributed by atoms with E-state index in [-0.39, 0.29) is 34.8 Å². The van der Waals surface area contributed by atoms with Gasteiger partial charge in [0.05, 0.1) is 12.1 Å². The molecule has 1 aliphatic rings. The van der Waals surface area contributed by atoms with Crippen molar-refractivity contribution >= 4 is 29.4 Å². The fraction of sp³-hybridized carbons (Fsp3) is 0.273. The SMILES string of the molecule is COc1cc(/C=C/C(=O)c2ccc(OCC(=O)N3CCCC3)cc2)cc(Cl)c1O. The first kappa shape index (κ1) is 20.7. The van der Waals surface area contributed by atoms with E-state index >= 15 is 0 Å². The van der Waals surface area contributed by atoms with Crippen molar-refractivity contribution < 1.29 is 24.2 Å². The van der Waals surface area contributed by atoms with Crippen LogP contribution in [0.2, 0.25) is 5.02 Å². The van der Waals surface area contributed by atoms with Crippen LogP contribution in [0.15, 0.2) is 42.5 Å². The van der Waals surface area contributed by atoms with Crippen molar-refractivity contribution in [1.82, 2.24) is 4.90 Å². The Balaban J connectivity index is 1.59. The summed E-state index contributed by atoms with van der Waals surface area (Å²) in [6, 6.07) is 9.74. The maximum atomic E-state index is 12.4. The summed E-state index contributed by atoms with van der Waals surface area (Å²) in [4.78, 5) is 26.2. The molecule has 1 saturated heterocycles. The lowest BCUT2D eigenvalue weighted by Gasteiger charge is -2.15.